The van der Waals surface area contributed by atoms with E-state index < -0.39 is 0 Å². The lowest BCUT2D eigenvalue weighted by Gasteiger charge is -1.98. The Hall–Kier alpha value is -1.27. The van der Waals surface area contributed by atoms with Crippen LogP contribution >= 0.6 is 28.1 Å². The van der Waals surface area contributed by atoms with Gasteiger partial charge in [0.05, 0.1) is 6.21 Å². The number of hydrogen-bond donors (Lipinski definition) is 1. The number of rotatable bonds is 3. The molecule has 0 bridgehead atoms. The Balaban J connectivity index is 2.35. The van der Waals surface area contributed by atoms with Crippen LogP contribution in [0.25, 0.3) is 0 Å². The summed E-state index contributed by atoms with van der Waals surface area (Å²) in [6.07, 6.45) is 2.54. The fourth-order valence-electron chi connectivity index (χ4n) is 1.37. The van der Waals surface area contributed by atoms with Crippen LogP contribution in [0.1, 0.15) is 18.3 Å². The van der Waals surface area contributed by atoms with Crippen molar-refractivity contribution >= 4 is 34.4 Å². The molecule has 1 aromatic heterocycles. The van der Waals surface area contributed by atoms with Gasteiger partial charge in [-0.25, -0.2) is 0 Å². The monoisotopic (exact) mass is 310 g/mol. The van der Waals surface area contributed by atoms with Crippen molar-refractivity contribution < 1.29 is 0 Å². The molecule has 0 saturated heterocycles. The van der Waals surface area contributed by atoms with Crippen LogP contribution in [0.4, 0.5) is 0 Å². The molecule has 2 rings (SSSR count). The Bertz CT molecular complexity index is 600. The van der Waals surface area contributed by atoms with Crippen LogP contribution in [0.2, 0.25) is 0 Å². The summed E-state index contributed by atoms with van der Waals surface area (Å²) in [6, 6.07) is 7.86. The number of nitrogens with one attached hydrogen (secondary N) is 1. The van der Waals surface area contributed by atoms with Crippen molar-refractivity contribution in [1.29, 1.82) is 0 Å². The van der Waals surface area contributed by atoms with Gasteiger partial charge in [0.25, 0.3) is 0 Å². The number of aryl methyl sites for hydroxylation is 1. The minimum absolute atomic E-state index is 0.505. The Morgan fingerprint density at radius 1 is 1.53 bits per heavy atom. The maximum atomic E-state index is 5.11. The molecule has 0 aliphatic rings. The molecule has 0 aliphatic heterocycles. The molecule has 1 N–H and O–H groups in total. The van der Waals surface area contributed by atoms with Crippen molar-refractivity contribution in [3.05, 3.63) is 44.9 Å². The summed E-state index contributed by atoms with van der Waals surface area (Å²) in [7, 11) is 0. The molecule has 0 radical (unpaired) electrons. The quantitative estimate of drug-likeness (QED) is 0.699. The van der Waals surface area contributed by atoms with Gasteiger partial charge in [0.2, 0.25) is 4.77 Å². The predicted octanol–water partition coefficient (Wildman–Crippen LogP) is 3.15. The topological polar surface area (TPSA) is 46.0 Å². The van der Waals surface area contributed by atoms with E-state index in [-0.39, 0.29) is 0 Å². The van der Waals surface area contributed by atoms with Gasteiger partial charge in [0, 0.05) is 16.5 Å². The number of H-pyrrole nitrogens is 1. The zero-order chi connectivity index (χ0) is 12.3. The summed E-state index contributed by atoms with van der Waals surface area (Å²) in [5.41, 5.74) is 0.998. The number of hydrogen-bond acceptors (Lipinski definition) is 3. The average Bonchev–Trinajstić information content (AvgIpc) is 2.69. The van der Waals surface area contributed by atoms with Crippen molar-refractivity contribution in [2.45, 2.75) is 13.3 Å². The van der Waals surface area contributed by atoms with Crippen molar-refractivity contribution in [2.24, 2.45) is 5.10 Å². The number of halogens is 1. The first kappa shape index (κ1) is 12.2. The molecule has 0 amide bonds. The van der Waals surface area contributed by atoms with Crippen LogP contribution in [-0.4, -0.2) is 21.1 Å². The molecule has 88 valence electrons. The average molecular weight is 311 g/mol. The van der Waals surface area contributed by atoms with Gasteiger partial charge in [-0.15, -0.1) is 0 Å². The first-order valence-corrected chi connectivity index (χ1v) is 6.37. The van der Waals surface area contributed by atoms with E-state index in [1.807, 2.05) is 31.2 Å². The summed E-state index contributed by atoms with van der Waals surface area (Å²) in [5, 5.41) is 11.1. The zero-order valence-electron chi connectivity index (χ0n) is 9.22. The summed E-state index contributed by atoms with van der Waals surface area (Å²) in [5.74, 6) is 0.818. The molecule has 0 spiro atoms. The molecule has 0 saturated carbocycles. The summed E-state index contributed by atoms with van der Waals surface area (Å²) in [4.78, 5) is 0. The second-order valence-electron chi connectivity index (χ2n) is 3.38. The molecule has 0 fully saturated rings. The zero-order valence-corrected chi connectivity index (χ0v) is 11.6. The third kappa shape index (κ3) is 2.70. The van der Waals surface area contributed by atoms with E-state index in [1.165, 1.54) is 0 Å². The van der Waals surface area contributed by atoms with Gasteiger partial charge >= 0.3 is 0 Å². The van der Waals surface area contributed by atoms with Crippen LogP contribution in [0.15, 0.2) is 33.8 Å². The number of aromatic amines is 1. The number of benzene rings is 1. The number of nitrogens with zero attached hydrogens (tertiary/aromatic N) is 3. The normalized spacial score (nSPS) is 11.2. The highest BCUT2D eigenvalue weighted by atomic mass is 79.9. The first-order valence-electron chi connectivity index (χ1n) is 5.17. The maximum Gasteiger partial charge on any atom is 0.216 e. The molecule has 0 unspecified atom stereocenters. The Kier molecular flexibility index (Phi) is 3.86. The van der Waals surface area contributed by atoms with Crippen LogP contribution in [0, 0.1) is 4.77 Å². The highest BCUT2D eigenvalue weighted by molar-refractivity contribution is 9.10. The second kappa shape index (κ2) is 5.37. The van der Waals surface area contributed by atoms with Gasteiger partial charge in [-0.1, -0.05) is 41.1 Å². The Morgan fingerprint density at radius 2 is 2.29 bits per heavy atom. The van der Waals surface area contributed by atoms with E-state index in [1.54, 1.807) is 10.9 Å². The van der Waals surface area contributed by atoms with Crippen LogP contribution < -0.4 is 0 Å². The molecule has 0 aliphatic carbocycles. The highest BCUT2D eigenvalue weighted by Gasteiger charge is 2.01. The molecule has 0 atom stereocenters. The van der Waals surface area contributed by atoms with Gasteiger partial charge in [-0.3, -0.25) is 5.10 Å². The summed E-state index contributed by atoms with van der Waals surface area (Å²) < 4.78 is 3.14. The lowest BCUT2D eigenvalue weighted by Crippen LogP contribution is -1.97. The Morgan fingerprint density at radius 3 is 3.00 bits per heavy atom. The van der Waals surface area contributed by atoms with E-state index in [2.05, 4.69) is 31.2 Å². The first-order chi connectivity index (χ1) is 8.22. The second-order valence-corrected chi connectivity index (χ2v) is 4.62. The van der Waals surface area contributed by atoms with Gasteiger partial charge in [0.15, 0.2) is 5.82 Å². The molecule has 4 nitrogen and oxygen atoms in total. The van der Waals surface area contributed by atoms with Crippen LogP contribution in [0.5, 0.6) is 0 Å². The van der Waals surface area contributed by atoms with Gasteiger partial charge < -0.3 is 0 Å². The molecular formula is C11H11BrN4S. The maximum absolute atomic E-state index is 5.11. The van der Waals surface area contributed by atoms with E-state index in [0.29, 0.717) is 4.77 Å². The molecular weight excluding hydrogens is 300 g/mol. The van der Waals surface area contributed by atoms with Crippen molar-refractivity contribution in [1.82, 2.24) is 14.9 Å². The van der Waals surface area contributed by atoms with Crippen molar-refractivity contribution in [2.75, 3.05) is 0 Å². The van der Waals surface area contributed by atoms with E-state index in [0.717, 1.165) is 22.3 Å². The third-order valence-electron chi connectivity index (χ3n) is 2.25. The smallest absolute Gasteiger partial charge is 0.216 e. The Labute approximate surface area is 113 Å². The summed E-state index contributed by atoms with van der Waals surface area (Å²) in [6.45, 7) is 2.01. The minimum Gasteiger partial charge on any atom is -0.250 e. The molecule has 1 heterocycles. The summed E-state index contributed by atoms with van der Waals surface area (Å²) >= 11 is 8.57. The largest absolute Gasteiger partial charge is 0.250 e. The van der Waals surface area contributed by atoms with E-state index in [9.17, 15) is 0 Å². The third-order valence-corrected chi connectivity index (χ3v) is 3.24. The molecule has 1 aromatic carbocycles. The van der Waals surface area contributed by atoms with Crippen molar-refractivity contribution in [3.8, 4) is 0 Å². The lowest BCUT2D eigenvalue weighted by molar-refractivity contribution is 0.780. The molecule has 2 aromatic rings. The van der Waals surface area contributed by atoms with Crippen molar-refractivity contribution in [3.63, 3.8) is 0 Å². The van der Waals surface area contributed by atoms with Gasteiger partial charge in [0.1, 0.15) is 0 Å². The highest BCUT2D eigenvalue weighted by Crippen LogP contribution is 2.13. The van der Waals surface area contributed by atoms with Gasteiger partial charge in [-0.2, -0.15) is 14.9 Å². The molecule has 6 heteroatoms. The van der Waals surface area contributed by atoms with E-state index in [4.69, 9.17) is 12.2 Å². The fourth-order valence-corrected chi connectivity index (χ4v) is 1.96. The van der Waals surface area contributed by atoms with Gasteiger partial charge in [-0.05, 0) is 18.3 Å². The predicted molar refractivity (Wildman–Crippen MR) is 73.9 cm³/mol. The standard InChI is InChI=1S/C11H11BrN4S/c1-2-10-14-15-11(17)16(10)13-7-8-5-3-4-6-9(8)12/h3-7H,2H2,1H3,(H,15,17). The van der Waals surface area contributed by atoms with Crippen LogP contribution in [-0.2, 0) is 6.42 Å². The lowest BCUT2D eigenvalue weighted by atomic mass is 10.2. The van der Waals surface area contributed by atoms with E-state index >= 15 is 0 Å². The fraction of sp³-hybridized carbons (Fsp3) is 0.182. The van der Waals surface area contributed by atoms with Crippen LogP contribution in [0.3, 0.4) is 0 Å². The minimum atomic E-state index is 0.505. The number of aromatic nitrogens is 3. The molecule has 17 heavy (non-hydrogen) atoms. The SMILES string of the molecule is CCc1n[nH]c(=S)n1N=Cc1ccccc1Br.